The van der Waals surface area contributed by atoms with Crippen LogP contribution in [0, 0.1) is 13.1 Å². The van der Waals surface area contributed by atoms with Crippen molar-refractivity contribution >= 4 is 55.0 Å². The molecule has 2 heterocycles. The molecule has 0 unspecified atom stereocenters. The molecule has 9 aromatic rings. The Morgan fingerprint density at radius 1 is 0.417 bits per heavy atom. The van der Waals surface area contributed by atoms with Crippen LogP contribution in [0.3, 0.4) is 0 Å². The van der Waals surface area contributed by atoms with Crippen LogP contribution in [0.2, 0.25) is 0 Å². The topological polar surface area (TPSA) is 18.6 Å². The minimum absolute atomic E-state index is 0.605. The maximum Gasteiger partial charge on any atom is 0.211 e. The van der Waals surface area contributed by atoms with E-state index in [0.717, 1.165) is 66.5 Å². The molecule has 0 amide bonds. The fourth-order valence-corrected chi connectivity index (χ4v) is 7.23. The monoisotopic (exact) mass is 610 g/mol. The Labute approximate surface area is 277 Å². The van der Waals surface area contributed by atoms with E-state index in [1.54, 1.807) is 0 Å². The minimum atomic E-state index is 0.605. The summed E-state index contributed by atoms with van der Waals surface area (Å²) in [7, 11) is 0. The average Bonchev–Trinajstić information content (AvgIpc) is 3.68. The molecule has 0 N–H and O–H groups in total. The molecule has 0 atom stereocenters. The van der Waals surface area contributed by atoms with Crippen molar-refractivity contribution in [2.45, 2.75) is 0 Å². The second kappa shape index (κ2) is 10.9. The van der Waals surface area contributed by atoms with Gasteiger partial charge in [-0.3, -0.25) is 0 Å². The SMILES string of the molecule is [C-]#[N+]c1ccc(-c2cccc(-c3ccc(-n4c5ccccc5c5cccc([N+]#[C-])c54)cc3)c2)c(-n2c3ccccc3c3ccccc32)c1. The van der Waals surface area contributed by atoms with E-state index >= 15 is 0 Å². The van der Waals surface area contributed by atoms with Crippen molar-refractivity contribution in [2.24, 2.45) is 0 Å². The van der Waals surface area contributed by atoms with Crippen LogP contribution in [0.25, 0.3) is 86.9 Å². The molecule has 0 radical (unpaired) electrons. The van der Waals surface area contributed by atoms with Crippen LogP contribution < -0.4 is 0 Å². The smallest absolute Gasteiger partial charge is 0.211 e. The molecule has 7 aromatic carbocycles. The van der Waals surface area contributed by atoms with Gasteiger partial charge in [-0.25, -0.2) is 9.69 Å². The van der Waals surface area contributed by atoms with E-state index < -0.39 is 0 Å². The fourth-order valence-electron chi connectivity index (χ4n) is 7.23. The van der Waals surface area contributed by atoms with Crippen molar-refractivity contribution in [2.75, 3.05) is 0 Å². The van der Waals surface area contributed by atoms with Crippen LogP contribution in [-0.2, 0) is 0 Å². The Hall–Kier alpha value is -6.88. The van der Waals surface area contributed by atoms with E-state index in [-0.39, 0.29) is 0 Å². The molecule has 0 aliphatic carbocycles. The van der Waals surface area contributed by atoms with Crippen LogP contribution in [-0.4, -0.2) is 9.13 Å². The molecule has 222 valence electrons. The molecule has 0 spiro atoms. The predicted octanol–water partition coefficient (Wildman–Crippen LogP) is 12.3. The van der Waals surface area contributed by atoms with Gasteiger partial charge in [-0.05, 0) is 64.5 Å². The number of nitrogens with zero attached hydrogens (tertiary/aromatic N) is 4. The van der Waals surface area contributed by atoms with Crippen LogP contribution >= 0.6 is 0 Å². The Kier molecular flexibility index (Phi) is 6.22. The normalized spacial score (nSPS) is 11.3. The third kappa shape index (κ3) is 4.14. The maximum absolute atomic E-state index is 7.85. The van der Waals surface area contributed by atoms with Gasteiger partial charge in [0.15, 0.2) is 5.69 Å². The van der Waals surface area contributed by atoms with Gasteiger partial charge in [0.1, 0.15) is 0 Å². The third-order valence-corrected chi connectivity index (χ3v) is 9.36. The Morgan fingerprint density at radius 2 is 1.00 bits per heavy atom. The van der Waals surface area contributed by atoms with Crippen LogP contribution in [0.4, 0.5) is 11.4 Å². The van der Waals surface area contributed by atoms with Gasteiger partial charge in [0.25, 0.3) is 0 Å². The standard InChI is InChI=1S/C44H26N4/c1-45-32-23-26-34(43(28-32)48-41-19-7-3-13-35(41)36-14-4-8-20-42(36)48)31-12-9-11-30(27-31)29-21-24-33(25-22-29)47-40-18-6-5-15-37(40)38-16-10-17-39(46-2)44(38)47/h3-28H. The summed E-state index contributed by atoms with van der Waals surface area (Å²) in [5.41, 5.74) is 11.8. The first-order valence-corrected chi connectivity index (χ1v) is 15.8. The van der Waals surface area contributed by atoms with Crippen molar-refractivity contribution < 1.29 is 0 Å². The molecule has 9 rings (SSSR count). The lowest BCUT2D eigenvalue weighted by Crippen LogP contribution is -1.97. The van der Waals surface area contributed by atoms with Crippen molar-refractivity contribution in [3.63, 3.8) is 0 Å². The highest BCUT2D eigenvalue weighted by molar-refractivity contribution is 6.13. The Balaban J connectivity index is 1.18. The number of hydrogen-bond acceptors (Lipinski definition) is 0. The lowest BCUT2D eigenvalue weighted by Gasteiger charge is -2.16. The first-order valence-electron chi connectivity index (χ1n) is 15.8. The number of aromatic nitrogens is 2. The first kappa shape index (κ1) is 27.4. The highest BCUT2D eigenvalue weighted by atomic mass is 15.0. The molecule has 4 heteroatoms. The summed E-state index contributed by atoms with van der Waals surface area (Å²) in [6.45, 7) is 15.6. The van der Waals surface area contributed by atoms with Crippen molar-refractivity contribution in [3.8, 4) is 33.6 Å². The number of benzene rings is 7. The van der Waals surface area contributed by atoms with Gasteiger partial charge < -0.3 is 9.13 Å². The molecule has 0 aliphatic rings. The summed E-state index contributed by atoms with van der Waals surface area (Å²) in [5.74, 6) is 0. The quantitative estimate of drug-likeness (QED) is 0.177. The van der Waals surface area contributed by atoms with Crippen LogP contribution in [0.5, 0.6) is 0 Å². The largest absolute Gasteiger partial charge is 0.319 e. The zero-order valence-corrected chi connectivity index (χ0v) is 25.8. The molecule has 48 heavy (non-hydrogen) atoms. The highest BCUT2D eigenvalue weighted by Crippen LogP contribution is 2.40. The fraction of sp³-hybridized carbons (Fsp3) is 0. The van der Waals surface area contributed by atoms with Gasteiger partial charge in [-0.15, -0.1) is 0 Å². The lowest BCUT2D eigenvalue weighted by atomic mass is 9.97. The molecular weight excluding hydrogens is 585 g/mol. The van der Waals surface area contributed by atoms with Crippen LogP contribution in [0.1, 0.15) is 0 Å². The number of hydrogen-bond donors (Lipinski definition) is 0. The second-order valence-electron chi connectivity index (χ2n) is 11.9. The molecule has 0 saturated carbocycles. The average molecular weight is 611 g/mol. The van der Waals surface area contributed by atoms with Gasteiger partial charge in [0.2, 0.25) is 5.69 Å². The van der Waals surface area contributed by atoms with E-state index in [2.05, 4.69) is 146 Å². The van der Waals surface area contributed by atoms with Crippen molar-refractivity contribution in [1.29, 1.82) is 0 Å². The number of rotatable bonds is 4. The molecule has 4 nitrogen and oxygen atoms in total. The van der Waals surface area contributed by atoms with E-state index in [1.807, 2.05) is 30.3 Å². The van der Waals surface area contributed by atoms with E-state index in [9.17, 15) is 0 Å². The first-order chi connectivity index (χ1) is 23.7. The van der Waals surface area contributed by atoms with Crippen molar-refractivity contribution in [3.05, 3.63) is 181 Å². The summed E-state index contributed by atoms with van der Waals surface area (Å²) in [6, 6.07) is 54.4. The Morgan fingerprint density at radius 3 is 1.67 bits per heavy atom. The van der Waals surface area contributed by atoms with Gasteiger partial charge >= 0.3 is 0 Å². The van der Waals surface area contributed by atoms with E-state index in [4.69, 9.17) is 13.1 Å². The predicted molar refractivity (Wildman–Crippen MR) is 199 cm³/mol. The molecule has 0 fully saturated rings. The van der Waals surface area contributed by atoms with Gasteiger partial charge in [0.05, 0.1) is 35.2 Å². The lowest BCUT2D eigenvalue weighted by molar-refractivity contribution is 1.18. The zero-order valence-electron chi connectivity index (χ0n) is 25.8. The van der Waals surface area contributed by atoms with E-state index in [0.29, 0.717) is 11.4 Å². The number of para-hydroxylation sites is 4. The summed E-state index contributed by atoms with van der Waals surface area (Å²) >= 11 is 0. The Bertz CT molecular complexity index is 2750. The third-order valence-electron chi connectivity index (χ3n) is 9.36. The van der Waals surface area contributed by atoms with Gasteiger partial charge in [-0.2, -0.15) is 0 Å². The summed E-state index contributed by atoms with van der Waals surface area (Å²) in [5, 5.41) is 4.60. The van der Waals surface area contributed by atoms with Gasteiger partial charge in [0, 0.05) is 33.1 Å². The number of fused-ring (bicyclic) bond motifs is 6. The molecular formula is C44H26N4. The van der Waals surface area contributed by atoms with Crippen molar-refractivity contribution in [1.82, 2.24) is 9.13 Å². The molecule has 0 aliphatic heterocycles. The maximum atomic E-state index is 7.85. The summed E-state index contributed by atoms with van der Waals surface area (Å²) < 4.78 is 4.49. The minimum Gasteiger partial charge on any atom is -0.319 e. The van der Waals surface area contributed by atoms with Gasteiger partial charge in [-0.1, -0.05) is 115 Å². The molecule has 2 aromatic heterocycles. The van der Waals surface area contributed by atoms with E-state index in [1.165, 1.54) is 10.8 Å². The second-order valence-corrected chi connectivity index (χ2v) is 11.9. The zero-order chi connectivity index (χ0) is 32.2. The molecule has 0 bridgehead atoms. The molecule has 0 saturated heterocycles. The highest BCUT2D eigenvalue weighted by Gasteiger charge is 2.18. The summed E-state index contributed by atoms with van der Waals surface area (Å²) in [6.07, 6.45) is 0. The summed E-state index contributed by atoms with van der Waals surface area (Å²) in [4.78, 5) is 7.66. The van der Waals surface area contributed by atoms with Crippen LogP contribution in [0.15, 0.2) is 158 Å².